The predicted molar refractivity (Wildman–Crippen MR) is 68.4 cm³/mol. The summed E-state index contributed by atoms with van der Waals surface area (Å²) >= 11 is 0. The largest absolute Gasteiger partial charge is 0.330 e. The molecule has 3 heteroatoms. The minimum atomic E-state index is 0.355. The molecule has 3 nitrogen and oxygen atoms in total. The molecule has 0 radical (unpaired) electrons. The molecule has 3 rings (SSSR count). The lowest BCUT2D eigenvalue weighted by Crippen LogP contribution is -2.17. The van der Waals surface area contributed by atoms with Gasteiger partial charge in [0.1, 0.15) is 0 Å². The van der Waals surface area contributed by atoms with Crippen molar-refractivity contribution in [3.05, 3.63) is 42.1 Å². The highest BCUT2D eigenvalue weighted by Gasteiger charge is 2.41. The van der Waals surface area contributed by atoms with Crippen LogP contribution >= 0.6 is 0 Å². The molecule has 0 bridgehead atoms. The van der Waals surface area contributed by atoms with E-state index in [1.165, 1.54) is 24.0 Å². The van der Waals surface area contributed by atoms with E-state index >= 15 is 0 Å². The number of nitrogens with zero attached hydrogens (tertiary/aromatic N) is 1. The molecule has 0 amide bonds. The Morgan fingerprint density at radius 1 is 1.24 bits per heavy atom. The number of aromatic nitrogens is 2. The molecule has 0 unspecified atom stereocenters. The van der Waals surface area contributed by atoms with Gasteiger partial charge in [0.25, 0.3) is 0 Å². The monoisotopic (exact) mass is 227 g/mol. The molecule has 0 spiro atoms. The van der Waals surface area contributed by atoms with Crippen molar-refractivity contribution in [1.29, 1.82) is 0 Å². The quantitative estimate of drug-likeness (QED) is 0.842. The van der Waals surface area contributed by atoms with Crippen molar-refractivity contribution in [2.45, 2.75) is 19.3 Å². The fourth-order valence-electron chi connectivity index (χ4n) is 2.33. The van der Waals surface area contributed by atoms with Crippen LogP contribution in [0.3, 0.4) is 0 Å². The van der Waals surface area contributed by atoms with Gasteiger partial charge in [-0.25, -0.2) is 0 Å². The number of nitrogens with two attached hydrogens (primary N) is 1. The molecule has 1 saturated carbocycles. The Morgan fingerprint density at radius 2 is 2.00 bits per heavy atom. The van der Waals surface area contributed by atoms with Crippen molar-refractivity contribution in [1.82, 2.24) is 10.2 Å². The van der Waals surface area contributed by atoms with Crippen LogP contribution in [-0.2, 0) is 6.42 Å². The summed E-state index contributed by atoms with van der Waals surface area (Å²) in [7, 11) is 0. The van der Waals surface area contributed by atoms with Crippen molar-refractivity contribution in [2.75, 3.05) is 6.54 Å². The SMILES string of the molecule is NCC1(Cc2cn[nH]c2-c2ccccc2)CC1. The molecule has 0 saturated heterocycles. The van der Waals surface area contributed by atoms with Crippen molar-refractivity contribution in [3.63, 3.8) is 0 Å². The van der Waals surface area contributed by atoms with Crippen molar-refractivity contribution < 1.29 is 0 Å². The maximum atomic E-state index is 5.84. The Morgan fingerprint density at radius 3 is 2.65 bits per heavy atom. The Kier molecular flexibility index (Phi) is 2.48. The molecule has 2 aromatic rings. The number of benzene rings is 1. The standard InChI is InChI=1S/C14H17N3/c15-10-14(6-7-14)8-12-9-16-17-13(12)11-4-2-1-3-5-11/h1-5,9H,6-8,10,15H2,(H,16,17). The van der Waals surface area contributed by atoms with Crippen LogP contribution in [0.1, 0.15) is 18.4 Å². The summed E-state index contributed by atoms with van der Waals surface area (Å²) < 4.78 is 0. The Balaban J connectivity index is 1.90. The van der Waals surface area contributed by atoms with E-state index in [1.807, 2.05) is 12.3 Å². The topological polar surface area (TPSA) is 54.7 Å². The van der Waals surface area contributed by atoms with Crippen LogP contribution in [0.2, 0.25) is 0 Å². The molecular formula is C14H17N3. The molecule has 0 atom stereocenters. The second-order valence-electron chi connectivity index (χ2n) is 5.02. The molecule has 17 heavy (non-hydrogen) atoms. The summed E-state index contributed by atoms with van der Waals surface area (Å²) in [4.78, 5) is 0. The molecule has 1 aliphatic carbocycles. The maximum Gasteiger partial charge on any atom is 0.0682 e. The van der Waals surface area contributed by atoms with E-state index in [4.69, 9.17) is 5.73 Å². The first-order valence-corrected chi connectivity index (χ1v) is 6.11. The molecule has 88 valence electrons. The smallest absolute Gasteiger partial charge is 0.0682 e. The van der Waals surface area contributed by atoms with Gasteiger partial charge in [0.2, 0.25) is 0 Å². The van der Waals surface area contributed by atoms with E-state index in [9.17, 15) is 0 Å². The van der Waals surface area contributed by atoms with Gasteiger partial charge in [-0.1, -0.05) is 30.3 Å². The summed E-state index contributed by atoms with van der Waals surface area (Å²) in [6.45, 7) is 0.784. The molecule has 1 aromatic carbocycles. The van der Waals surface area contributed by atoms with Crippen LogP contribution < -0.4 is 5.73 Å². The Hall–Kier alpha value is -1.61. The minimum Gasteiger partial charge on any atom is -0.330 e. The summed E-state index contributed by atoms with van der Waals surface area (Å²) in [5, 5.41) is 7.28. The van der Waals surface area contributed by atoms with Crippen molar-refractivity contribution >= 4 is 0 Å². The van der Waals surface area contributed by atoms with Gasteiger partial charge in [-0.05, 0) is 42.3 Å². The molecule has 0 aliphatic heterocycles. The highest BCUT2D eigenvalue weighted by atomic mass is 15.1. The third-order valence-corrected chi connectivity index (χ3v) is 3.74. The van der Waals surface area contributed by atoms with Crippen LogP contribution in [0, 0.1) is 5.41 Å². The predicted octanol–water partition coefficient (Wildman–Crippen LogP) is 2.36. The molecule has 1 heterocycles. The third-order valence-electron chi connectivity index (χ3n) is 3.74. The average molecular weight is 227 g/mol. The Labute approximate surface area is 101 Å². The van der Waals surface area contributed by atoms with Crippen LogP contribution in [0.15, 0.2) is 36.5 Å². The third kappa shape index (κ3) is 1.98. The van der Waals surface area contributed by atoms with E-state index in [0.717, 1.165) is 18.7 Å². The van der Waals surface area contributed by atoms with E-state index < -0.39 is 0 Å². The minimum absolute atomic E-state index is 0.355. The van der Waals surface area contributed by atoms with Crippen molar-refractivity contribution in [2.24, 2.45) is 11.1 Å². The van der Waals surface area contributed by atoms with Gasteiger partial charge >= 0.3 is 0 Å². The number of hydrogen-bond acceptors (Lipinski definition) is 2. The molecule has 3 N–H and O–H groups in total. The number of nitrogens with one attached hydrogen (secondary N) is 1. The van der Waals surface area contributed by atoms with E-state index in [2.05, 4.69) is 34.5 Å². The number of hydrogen-bond donors (Lipinski definition) is 2. The highest BCUT2D eigenvalue weighted by Crippen LogP contribution is 2.48. The second-order valence-corrected chi connectivity index (χ2v) is 5.02. The summed E-state index contributed by atoms with van der Waals surface area (Å²) in [5.41, 5.74) is 9.83. The van der Waals surface area contributed by atoms with Crippen LogP contribution in [0.4, 0.5) is 0 Å². The zero-order chi connectivity index (χ0) is 11.7. The maximum absolute atomic E-state index is 5.84. The van der Waals surface area contributed by atoms with Gasteiger partial charge in [-0.2, -0.15) is 5.10 Å². The average Bonchev–Trinajstić information content (AvgIpc) is 3.00. The van der Waals surface area contributed by atoms with Crippen LogP contribution in [-0.4, -0.2) is 16.7 Å². The van der Waals surface area contributed by atoms with E-state index in [-0.39, 0.29) is 0 Å². The first-order chi connectivity index (χ1) is 8.33. The zero-order valence-electron chi connectivity index (χ0n) is 9.82. The Bertz CT molecular complexity index is 497. The van der Waals surface area contributed by atoms with Gasteiger partial charge in [-0.15, -0.1) is 0 Å². The summed E-state index contributed by atoms with van der Waals surface area (Å²) in [6, 6.07) is 10.4. The lowest BCUT2D eigenvalue weighted by Gasteiger charge is -2.11. The van der Waals surface area contributed by atoms with Crippen LogP contribution in [0.5, 0.6) is 0 Å². The molecule has 1 aliphatic rings. The lowest BCUT2D eigenvalue weighted by atomic mass is 9.95. The van der Waals surface area contributed by atoms with Gasteiger partial charge < -0.3 is 5.73 Å². The van der Waals surface area contributed by atoms with Gasteiger partial charge in [0.05, 0.1) is 11.9 Å². The molecule has 1 aromatic heterocycles. The number of aromatic amines is 1. The second kappa shape index (κ2) is 4.00. The van der Waals surface area contributed by atoms with Gasteiger partial charge in [0, 0.05) is 0 Å². The number of H-pyrrole nitrogens is 1. The molecular weight excluding hydrogens is 210 g/mol. The van der Waals surface area contributed by atoms with Gasteiger partial charge in [-0.3, -0.25) is 5.10 Å². The fourth-order valence-corrected chi connectivity index (χ4v) is 2.33. The first-order valence-electron chi connectivity index (χ1n) is 6.11. The molecule has 1 fully saturated rings. The zero-order valence-corrected chi connectivity index (χ0v) is 9.82. The van der Waals surface area contributed by atoms with Gasteiger partial charge in [0.15, 0.2) is 0 Å². The fraction of sp³-hybridized carbons (Fsp3) is 0.357. The van der Waals surface area contributed by atoms with E-state index in [1.54, 1.807) is 0 Å². The normalized spacial score (nSPS) is 17.0. The van der Waals surface area contributed by atoms with Crippen molar-refractivity contribution in [3.8, 4) is 11.3 Å². The first kappa shape index (κ1) is 10.5. The number of rotatable bonds is 4. The summed E-state index contributed by atoms with van der Waals surface area (Å²) in [6.07, 6.45) is 5.49. The summed E-state index contributed by atoms with van der Waals surface area (Å²) in [5.74, 6) is 0. The lowest BCUT2D eigenvalue weighted by molar-refractivity contribution is 0.522. The van der Waals surface area contributed by atoms with Crippen LogP contribution in [0.25, 0.3) is 11.3 Å². The van der Waals surface area contributed by atoms with E-state index in [0.29, 0.717) is 5.41 Å². The highest BCUT2D eigenvalue weighted by molar-refractivity contribution is 5.62.